The summed E-state index contributed by atoms with van der Waals surface area (Å²) in [5.41, 5.74) is 0.437. The molecular weight excluding hydrogens is 178 g/mol. The van der Waals surface area contributed by atoms with Gasteiger partial charge in [0.05, 0.1) is 6.07 Å². The van der Waals surface area contributed by atoms with Gasteiger partial charge in [-0.3, -0.25) is 0 Å². The van der Waals surface area contributed by atoms with Crippen LogP contribution in [0.3, 0.4) is 0 Å². The van der Waals surface area contributed by atoms with Crippen LogP contribution in [0.4, 0.5) is 0 Å². The first kappa shape index (κ1) is 10.9. The van der Waals surface area contributed by atoms with Gasteiger partial charge in [-0.15, -0.1) is 0 Å². The highest BCUT2D eigenvalue weighted by Crippen LogP contribution is 2.50. The molecule has 0 aromatic rings. The monoisotopic (exact) mass is 197 g/mol. The van der Waals surface area contributed by atoms with Gasteiger partial charge in [0.1, 0.15) is 0 Å². The third kappa shape index (κ3) is 3.60. The molecule has 0 aromatic heterocycles. The first-order valence-electron chi connectivity index (χ1n) is 5.17. The Morgan fingerprint density at radius 2 is 2.23 bits per heavy atom. The molecule has 0 amide bonds. The van der Waals surface area contributed by atoms with Crippen LogP contribution in [-0.4, -0.2) is 11.5 Å². The van der Waals surface area contributed by atoms with Crippen LogP contribution in [0.15, 0.2) is 0 Å². The van der Waals surface area contributed by atoms with Crippen molar-refractivity contribution >= 4 is 11.8 Å². The maximum absolute atomic E-state index is 8.64. The van der Waals surface area contributed by atoms with Crippen LogP contribution < -0.4 is 0 Å². The summed E-state index contributed by atoms with van der Waals surface area (Å²) in [6.45, 7) is 4.55. The SMILES string of the molecule is CCC(C)CSCC1(CC#N)CC1. The van der Waals surface area contributed by atoms with Gasteiger partial charge in [-0.2, -0.15) is 17.0 Å². The van der Waals surface area contributed by atoms with Gasteiger partial charge >= 0.3 is 0 Å². The van der Waals surface area contributed by atoms with E-state index in [1.54, 1.807) is 0 Å². The van der Waals surface area contributed by atoms with E-state index < -0.39 is 0 Å². The Labute approximate surface area is 85.9 Å². The van der Waals surface area contributed by atoms with Gasteiger partial charge in [-0.25, -0.2) is 0 Å². The Morgan fingerprint density at radius 1 is 1.54 bits per heavy atom. The van der Waals surface area contributed by atoms with Crippen LogP contribution in [0.25, 0.3) is 0 Å². The number of hydrogen-bond donors (Lipinski definition) is 0. The first-order valence-corrected chi connectivity index (χ1v) is 6.32. The predicted octanol–water partition coefficient (Wildman–Crippen LogP) is 3.46. The predicted molar refractivity (Wildman–Crippen MR) is 58.7 cm³/mol. The summed E-state index contributed by atoms with van der Waals surface area (Å²) < 4.78 is 0. The van der Waals surface area contributed by atoms with E-state index >= 15 is 0 Å². The van der Waals surface area contributed by atoms with Crippen LogP contribution in [0, 0.1) is 22.7 Å². The quantitative estimate of drug-likeness (QED) is 0.651. The maximum atomic E-state index is 8.64. The van der Waals surface area contributed by atoms with Crippen molar-refractivity contribution < 1.29 is 0 Å². The molecule has 2 heteroatoms. The molecule has 1 unspecified atom stereocenters. The lowest BCUT2D eigenvalue weighted by atomic mass is 10.1. The van der Waals surface area contributed by atoms with Gasteiger partial charge in [0.15, 0.2) is 0 Å². The van der Waals surface area contributed by atoms with E-state index in [9.17, 15) is 0 Å². The van der Waals surface area contributed by atoms with Crippen molar-refractivity contribution in [2.75, 3.05) is 11.5 Å². The van der Waals surface area contributed by atoms with Gasteiger partial charge in [-0.1, -0.05) is 20.3 Å². The molecule has 1 rings (SSSR count). The molecule has 0 N–H and O–H groups in total. The lowest BCUT2D eigenvalue weighted by molar-refractivity contribution is 0.597. The molecule has 0 radical (unpaired) electrons. The van der Waals surface area contributed by atoms with E-state index in [0.29, 0.717) is 5.41 Å². The Morgan fingerprint density at radius 3 is 2.69 bits per heavy atom. The van der Waals surface area contributed by atoms with Crippen LogP contribution in [0.2, 0.25) is 0 Å². The highest BCUT2D eigenvalue weighted by molar-refractivity contribution is 7.99. The summed E-state index contributed by atoms with van der Waals surface area (Å²) in [5.74, 6) is 3.32. The van der Waals surface area contributed by atoms with Gasteiger partial charge in [0.2, 0.25) is 0 Å². The van der Waals surface area contributed by atoms with Gasteiger partial charge in [0, 0.05) is 6.42 Å². The van der Waals surface area contributed by atoms with Crippen LogP contribution in [-0.2, 0) is 0 Å². The highest BCUT2D eigenvalue weighted by atomic mass is 32.2. The fraction of sp³-hybridized carbons (Fsp3) is 0.909. The standard InChI is InChI=1S/C11H19NS/c1-3-10(2)8-13-9-11(4-5-11)6-7-12/h10H,3-6,8-9H2,1-2H3. The van der Waals surface area contributed by atoms with Crippen LogP contribution in [0.1, 0.15) is 39.5 Å². The van der Waals surface area contributed by atoms with Crippen molar-refractivity contribution in [1.82, 2.24) is 0 Å². The summed E-state index contributed by atoms with van der Waals surface area (Å²) in [6.07, 6.45) is 4.63. The first-order chi connectivity index (χ1) is 6.22. The van der Waals surface area contributed by atoms with E-state index in [-0.39, 0.29) is 0 Å². The third-order valence-electron chi connectivity index (χ3n) is 2.92. The van der Waals surface area contributed by atoms with Crippen LogP contribution >= 0.6 is 11.8 Å². The Balaban J connectivity index is 2.09. The molecular formula is C11H19NS. The molecule has 1 fully saturated rings. The Kier molecular flexibility index (Phi) is 4.12. The van der Waals surface area contributed by atoms with Crippen molar-refractivity contribution in [3.63, 3.8) is 0 Å². The van der Waals surface area contributed by atoms with Crippen LogP contribution in [0.5, 0.6) is 0 Å². The van der Waals surface area contributed by atoms with E-state index in [4.69, 9.17) is 5.26 Å². The molecule has 1 nitrogen and oxygen atoms in total. The average Bonchev–Trinajstić information content (AvgIpc) is 2.86. The molecule has 0 spiro atoms. The minimum absolute atomic E-state index is 0.437. The van der Waals surface area contributed by atoms with Gasteiger partial charge < -0.3 is 0 Å². The lowest BCUT2D eigenvalue weighted by Crippen LogP contribution is -2.05. The summed E-state index contributed by atoms with van der Waals surface area (Å²) in [4.78, 5) is 0. The molecule has 1 atom stereocenters. The molecule has 1 saturated carbocycles. The average molecular weight is 197 g/mol. The van der Waals surface area contributed by atoms with Crippen molar-refractivity contribution in [1.29, 1.82) is 5.26 Å². The number of nitriles is 1. The molecule has 0 bridgehead atoms. The smallest absolute Gasteiger partial charge is 0.0627 e. The topological polar surface area (TPSA) is 23.8 Å². The second-order valence-corrected chi connectivity index (χ2v) is 5.39. The highest BCUT2D eigenvalue weighted by Gasteiger charge is 2.41. The molecule has 0 aromatic carbocycles. The molecule has 0 aliphatic heterocycles. The lowest BCUT2D eigenvalue weighted by Gasteiger charge is -2.12. The molecule has 0 saturated heterocycles. The van der Waals surface area contributed by atoms with Crippen molar-refractivity contribution in [3.8, 4) is 6.07 Å². The summed E-state index contributed by atoms with van der Waals surface area (Å²) >= 11 is 2.04. The second kappa shape index (κ2) is 4.91. The molecule has 0 heterocycles. The molecule has 74 valence electrons. The summed E-state index contributed by atoms with van der Waals surface area (Å²) in [6, 6.07) is 2.31. The zero-order valence-electron chi connectivity index (χ0n) is 8.68. The van der Waals surface area contributed by atoms with Crippen molar-refractivity contribution in [2.24, 2.45) is 11.3 Å². The number of nitrogens with zero attached hydrogens (tertiary/aromatic N) is 1. The van der Waals surface area contributed by atoms with Gasteiger partial charge in [0.25, 0.3) is 0 Å². The third-order valence-corrected chi connectivity index (χ3v) is 4.54. The fourth-order valence-corrected chi connectivity index (χ4v) is 2.89. The maximum Gasteiger partial charge on any atom is 0.0627 e. The zero-order valence-corrected chi connectivity index (χ0v) is 9.49. The minimum atomic E-state index is 0.437. The zero-order chi connectivity index (χ0) is 9.73. The second-order valence-electron chi connectivity index (χ2n) is 4.36. The Hall–Kier alpha value is -0.160. The molecule has 1 aliphatic rings. The molecule has 1 aliphatic carbocycles. The van der Waals surface area contributed by atoms with E-state index in [2.05, 4.69) is 19.9 Å². The summed E-state index contributed by atoms with van der Waals surface area (Å²) in [7, 11) is 0. The number of rotatable bonds is 6. The minimum Gasteiger partial charge on any atom is -0.198 e. The fourth-order valence-electron chi connectivity index (χ4n) is 1.31. The number of hydrogen-bond acceptors (Lipinski definition) is 2. The van der Waals surface area contributed by atoms with E-state index in [0.717, 1.165) is 12.3 Å². The number of thioether (sulfide) groups is 1. The molecule has 13 heavy (non-hydrogen) atoms. The van der Waals surface area contributed by atoms with Crippen molar-refractivity contribution in [3.05, 3.63) is 0 Å². The van der Waals surface area contributed by atoms with E-state index in [1.165, 1.54) is 30.8 Å². The summed E-state index contributed by atoms with van der Waals surface area (Å²) in [5, 5.41) is 8.64. The van der Waals surface area contributed by atoms with E-state index in [1.807, 2.05) is 11.8 Å². The van der Waals surface area contributed by atoms with Crippen molar-refractivity contribution in [2.45, 2.75) is 39.5 Å². The Bertz CT molecular complexity index is 191. The largest absolute Gasteiger partial charge is 0.198 e. The normalized spacial score (nSPS) is 20.7. The van der Waals surface area contributed by atoms with Gasteiger partial charge in [-0.05, 0) is 35.7 Å².